The van der Waals surface area contributed by atoms with E-state index in [4.69, 9.17) is 4.74 Å². The Labute approximate surface area is 154 Å². The van der Waals surface area contributed by atoms with E-state index in [2.05, 4.69) is 28.2 Å². The number of anilines is 1. The summed E-state index contributed by atoms with van der Waals surface area (Å²) < 4.78 is 5.15. The van der Waals surface area contributed by atoms with Crippen LogP contribution in [0.3, 0.4) is 0 Å². The number of pyridine rings is 1. The van der Waals surface area contributed by atoms with E-state index in [1.807, 2.05) is 41.6 Å². The number of carbonyl (C=O) groups excluding carboxylic acids is 1. The Kier molecular flexibility index (Phi) is 5.94. The zero-order valence-electron chi connectivity index (χ0n) is 15.4. The van der Waals surface area contributed by atoms with Gasteiger partial charge in [-0.05, 0) is 42.7 Å². The molecule has 0 atom stereocenters. The van der Waals surface area contributed by atoms with Crippen molar-refractivity contribution in [3.8, 4) is 5.75 Å². The smallest absolute Gasteiger partial charge is 0.317 e. The van der Waals surface area contributed by atoms with Gasteiger partial charge in [0.1, 0.15) is 5.75 Å². The van der Waals surface area contributed by atoms with Crippen molar-refractivity contribution in [2.45, 2.75) is 19.9 Å². The molecular weight excluding hydrogens is 328 g/mol. The van der Waals surface area contributed by atoms with Crippen LogP contribution in [-0.2, 0) is 6.54 Å². The molecule has 1 fully saturated rings. The highest BCUT2D eigenvalue weighted by atomic mass is 16.5. The summed E-state index contributed by atoms with van der Waals surface area (Å²) in [4.78, 5) is 20.9. The molecule has 0 radical (unpaired) electrons. The Bertz CT molecular complexity index is 733. The molecule has 6 nitrogen and oxygen atoms in total. The van der Waals surface area contributed by atoms with Gasteiger partial charge in [-0.25, -0.2) is 4.79 Å². The number of carbonyl (C=O) groups is 1. The molecule has 0 spiro atoms. The monoisotopic (exact) mass is 354 g/mol. The van der Waals surface area contributed by atoms with Gasteiger partial charge in [0.2, 0.25) is 0 Å². The van der Waals surface area contributed by atoms with Gasteiger partial charge in [-0.1, -0.05) is 12.1 Å². The molecule has 1 aromatic carbocycles. The second-order valence-corrected chi connectivity index (χ2v) is 6.50. The molecular formula is C20H26N4O2. The quantitative estimate of drug-likeness (QED) is 0.917. The Balaban J connectivity index is 1.53. The molecule has 2 aromatic rings. The zero-order valence-corrected chi connectivity index (χ0v) is 15.4. The predicted octanol–water partition coefficient (Wildman–Crippen LogP) is 2.82. The zero-order chi connectivity index (χ0) is 18.4. The number of urea groups is 1. The van der Waals surface area contributed by atoms with Crippen LogP contribution in [0.15, 0.2) is 42.7 Å². The first-order chi connectivity index (χ1) is 12.7. The minimum absolute atomic E-state index is 0.00545. The standard InChI is InChI=1S/C20H26N4O2/c1-16-14-21-9-8-19(16)23-10-3-11-24(13-12-23)20(25)22-15-17-4-6-18(26-2)7-5-17/h4-9,14H,3,10-13,15H2,1-2H3,(H,22,25). The van der Waals surface area contributed by atoms with Gasteiger partial charge in [0, 0.05) is 50.8 Å². The summed E-state index contributed by atoms with van der Waals surface area (Å²) in [7, 11) is 1.65. The molecule has 1 saturated heterocycles. The number of amides is 2. The Morgan fingerprint density at radius 3 is 2.69 bits per heavy atom. The summed E-state index contributed by atoms with van der Waals surface area (Å²) in [5.41, 5.74) is 3.44. The van der Waals surface area contributed by atoms with Crippen molar-refractivity contribution in [2.75, 3.05) is 38.2 Å². The van der Waals surface area contributed by atoms with E-state index >= 15 is 0 Å². The lowest BCUT2D eigenvalue weighted by Crippen LogP contribution is -2.41. The topological polar surface area (TPSA) is 57.7 Å². The molecule has 1 aliphatic heterocycles. The summed E-state index contributed by atoms with van der Waals surface area (Å²) in [6.45, 7) is 5.87. The van der Waals surface area contributed by atoms with E-state index in [1.54, 1.807) is 7.11 Å². The minimum Gasteiger partial charge on any atom is -0.497 e. The largest absolute Gasteiger partial charge is 0.497 e. The highest BCUT2D eigenvalue weighted by Crippen LogP contribution is 2.20. The molecule has 0 unspecified atom stereocenters. The molecule has 2 amide bonds. The SMILES string of the molecule is COc1ccc(CNC(=O)N2CCCN(c3ccncc3C)CC2)cc1. The number of hydrogen-bond donors (Lipinski definition) is 1. The summed E-state index contributed by atoms with van der Waals surface area (Å²) in [6.07, 6.45) is 4.67. The second-order valence-electron chi connectivity index (χ2n) is 6.50. The van der Waals surface area contributed by atoms with Crippen LogP contribution in [0, 0.1) is 6.92 Å². The van der Waals surface area contributed by atoms with Crippen molar-refractivity contribution in [3.63, 3.8) is 0 Å². The molecule has 1 N–H and O–H groups in total. The number of ether oxygens (including phenoxy) is 1. The molecule has 0 saturated carbocycles. The fourth-order valence-corrected chi connectivity index (χ4v) is 3.22. The van der Waals surface area contributed by atoms with Crippen LogP contribution in [0.4, 0.5) is 10.5 Å². The normalized spacial score (nSPS) is 14.7. The number of nitrogens with one attached hydrogen (secondary N) is 1. The number of hydrogen-bond acceptors (Lipinski definition) is 4. The highest BCUT2D eigenvalue weighted by Gasteiger charge is 2.19. The second kappa shape index (κ2) is 8.56. The number of aromatic nitrogens is 1. The van der Waals surface area contributed by atoms with E-state index in [1.165, 1.54) is 11.3 Å². The van der Waals surface area contributed by atoms with Gasteiger partial charge in [0.15, 0.2) is 0 Å². The van der Waals surface area contributed by atoms with Crippen LogP contribution >= 0.6 is 0 Å². The molecule has 0 bridgehead atoms. The van der Waals surface area contributed by atoms with Gasteiger partial charge in [-0.15, -0.1) is 0 Å². The van der Waals surface area contributed by atoms with Crippen LogP contribution in [0.5, 0.6) is 5.75 Å². The average Bonchev–Trinajstić information content (AvgIpc) is 2.93. The Morgan fingerprint density at radius 1 is 1.15 bits per heavy atom. The van der Waals surface area contributed by atoms with Crippen molar-refractivity contribution in [1.82, 2.24) is 15.2 Å². The van der Waals surface area contributed by atoms with Gasteiger partial charge >= 0.3 is 6.03 Å². The lowest BCUT2D eigenvalue weighted by molar-refractivity contribution is 0.201. The first kappa shape index (κ1) is 18.0. The number of nitrogens with zero attached hydrogens (tertiary/aromatic N) is 3. The van der Waals surface area contributed by atoms with E-state index in [0.717, 1.165) is 43.9 Å². The van der Waals surface area contributed by atoms with Crippen molar-refractivity contribution < 1.29 is 9.53 Å². The van der Waals surface area contributed by atoms with Crippen molar-refractivity contribution >= 4 is 11.7 Å². The van der Waals surface area contributed by atoms with E-state index in [0.29, 0.717) is 6.54 Å². The average molecular weight is 354 g/mol. The maximum Gasteiger partial charge on any atom is 0.317 e. The third-order valence-electron chi connectivity index (χ3n) is 4.72. The van der Waals surface area contributed by atoms with Crippen LogP contribution < -0.4 is 15.0 Å². The molecule has 3 rings (SSSR count). The first-order valence-corrected chi connectivity index (χ1v) is 8.98. The van der Waals surface area contributed by atoms with Crippen LogP contribution in [0.25, 0.3) is 0 Å². The first-order valence-electron chi connectivity index (χ1n) is 8.98. The number of aryl methyl sites for hydroxylation is 1. The lowest BCUT2D eigenvalue weighted by Gasteiger charge is -2.25. The highest BCUT2D eigenvalue weighted by molar-refractivity contribution is 5.74. The third kappa shape index (κ3) is 4.45. The molecule has 138 valence electrons. The van der Waals surface area contributed by atoms with Crippen LogP contribution in [0.1, 0.15) is 17.5 Å². The Morgan fingerprint density at radius 2 is 1.96 bits per heavy atom. The van der Waals surface area contributed by atoms with E-state index in [-0.39, 0.29) is 6.03 Å². The minimum atomic E-state index is -0.00545. The van der Waals surface area contributed by atoms with E-state index < -0.39 is 0 Å². The number of methoxy groups -OCH3 is 1. The van der Waals surface area contributed by atoms with Gasteiger partial charge in [-0.2, -0.15) is 0 Å². The summed E-state index contributed by atoms with van der Waals surface area (Å²) >= 11 is 0. The maximum atomic E-state index is 12.5. The van der Waals surface area contributed by atoms with Crippen molar-refractivity contribution in [1.29, 1.82) is 0 Å². The number of rotatable bonds is 4. The van der Waals surface area contributed by atoms with Crippen molar-refractivity contribution in [3.05, 3.63) is 53.9 Å². The summed E-state index contributed by atoms with van der Waals surface area (Å²) in [5, 5.41) is 3.02. The van der Waals surface area contributed by atoms with Crippen LogP contribution in [0.2, 0.25) is 0 Å². The predicted molar refractivity (Wildman–Crippen MR) is 103 cm³/mol. The van der Waals surface area contributed by atoms with E-state index in [9.17, 15) is 4.79 Å². The van der Waals surface area contributed by atoms with Gasteiger partial charge in [0.05, 0.1) is 7.11 Å². The molecule has 26 heavy (non-hydrogen) atoms. The number of benzene rings is 1. The molecule has 0 aliphatic carbocycles. The van der Waals surface area contributed by atoms with Gasteiger partial charge in [-0.3, -0.25) is 4.98 Å². The fourth-order valence-electron chi connectivity index (χ4n) is 3.22. The van der Waals surface area contributed by atoms with Crippen LogP contribution in [-0.4, -0.2) is 49.2 Å². The summed E-state index contributed by atoms with van der Waals surface area (Å²) in [6, 6.07) is 9.79. The van der Waals surface area contributed by atoms with Gasteiger partial charge in [0.25, 0.3) is 0 Å². The molecule has 1 aliphatic rings. The van der Waals surface area contributed by atoms with Gasteiger partial charge < -0.3 is 19.9 Å². The molecule has 2 heterocycles. The van der Waals surface area contributed by atoms with Crippen molar-refractivity contribution in [2.24, 2.45) is 0 Å². The maximum absolute atomic E-state index is 12.5. The third-order valence-corrected chi connectivity index (χ3v) is 4.72. The molecule has 6 heteroatoms. The lowest BCUT2D eigenvalue weighted by atomic mass is 10.2. The summed E-state index contributed by atoms with van der Waals surface area (Å²) in [5.74, 6) is 0.819. The Hall–Kier alpha value is -2.76. The fraction of sp³-hybridized carbons (Fsp3) is 0.400. The molecule has 1 aromatic heterocycles.